The molecule has 4 N–H and O–H groups in total. The first-order valence-electron chi connectivity index (χ1n) is 6.77. The molecule has 1 aliphatic rings. The molecular weight excluding hydrogens is 292 g/mol. The number of sulfonamides is 1. The van der Waals surface area contributed by atoms with Crippen LogP contribution in [0.4, 0.5) is 5.69 Å². The van der Waals surface area contributed by atoms with Crippen LogP contribution in [0.3, 0.4) is 0 Å². The van der Waals surface area contributed by atoms with E-state index < -0.39 is 10.0 Å². The zero-order chi connectivity index (χ0) is 15.5. The number of nitrogens with two attached hydrogens (primary N) is 2. The average Bonchev–Trinajstić information content (AvgIpc) is 2.47. The molecule has 0 saturated carbocycles. The third kappa shape index (κ3) is 3.93. The molecule has 0 atom stereocenters. The van der Waals surface area contributed by atoms with Gasteiger partial charge in [0.1, 0.15) is 0 Å². The van der Waals surface area contributed by atoms with Gasteiger partial charge in [-0.15, -0.1) is 0 Å². The molecule has 1 fully saturated rings. The van der Waals surface area contributed by atoms with E-state index in [-0.39, 0.29) is 10.8 Å². The molecule has 1 aliphatic heterocycles. The molecule has 0 aromatic heterocycles. The maximum atomic E-state index is 11.7. The van der Waals surface area contributed by atoms with Crippen LogP contribution in [0.25, 0.3) is 0 Å². The van der Waals surface area contributed by atoms with Crippen molar-refractivity contribution in [2.75, 3.05) is 37.6 Å². The van der Waals surface area contributed by atoms with Gasteiger partial charge in [0.2, 0.25) is 15.9 Å². The number of nitrogens with zero attached hydrogens (tertiary/aromatic N) is 2. The summed E-state index contributed by atoms with van der Waals surface area (Å²) in [4.78, 5) is 15.8. The summed E-state index contributed by atoms with van der Waals surface area (Å²) in [5, 5.41) is 5.07. The molecular formula is C13H20N4O3S. The minimum Gasteiger partial charge on any atom is -0.368 e. The second-order valence-corrected chi connectivity index (χ2v) is 6.51. The minimum absolute atomic E-state index is 0.0849. The van der Waals surface area contributed by atoms with Crippen molar-refractivity contribution in [3.63, 3.8) is 0 Å². The number of benzene rings is 1. The number of hydrogen-bond acceptors (Lipinski definition) is 5. The van der Waals surface area contributed by atoms with Crippen molar-refractivity contribution in [1.29, 1.82) is 0 Å². The summed E-state index contributed by atoms with van der Waals surface area (Å²) < 4.78 is 22.4. The highest BCUT2D eigenvalue weighted by Crippen LogP contribution is 2.19. The predicted octanol–water partition coefficient (Wildman–Crippen LogP) is -0.669. The monoisotopic (exact) mass is 312 g/mol. The summed E-state index contributed by atoms with van der Waals surface area (Å²) in [6, 6.07) is 6.46. The maximum absolute atomic E-state index is 11.7. The molecule has 0 aliphatic carbocycles. The Kier molecular flexibility index (Phi) is 4.81. The van der Waals surface area contributed by atoms with Gasteiger partial charge in [0.05, 0.1) is 4.90 Å². The highest BCUT2D eigenvalue weighted by Gasteiger charge is 2.20. The summed E-state index contributed by atoms with van der Waals surface area (Å²) in [7, 11) is -3.66. The lowest BCUT2D eigenvalue weighted by atomic mass is 10.2. The molecule has 1 amide bonds. The third-order valence-corrected chi connectivity index (χ3v) is 4.45. The number of hydrogen-bond donors (Lipinski definition) is 2. The van der Waals surface area contributed by atoms with E-state index in [1.807, 2.05) is 4.90 Å². The van der Waals surface area contributed by atoms with E-state index in [1.54, 1.807) is 12.1 Å². The standard InChI is InChI=1S/C13H20N4O3S/c14-6-5-13(18)17-9-7-16(8-10-17)11-1-3-12(4-2-11)21(15,19)20/h1-4H,5-10,14H2,(H2,15,19,20). The summed E-state index contributed by atoms with van der Waals surface area (Å²) in [5.41, 5.74) is 6.31. The molecule has 2 rings (SSSR count). The zero-order valence-corrected chi connectivity index (χ0v) is 12.6. The Hall–Kier alpha value is -1.64. The van der Waals surface area contributed by atoms with Crippen LogP contribution in [0.5, 0.6) is 0 Å². The zero-order valence-electron chi connectivity index (χ0n) is 11.7. The predicted molar refractivity (Wildman–Crippen MR) is 80.3 cm³/mol. The van der Waals surface area contributed by atoms with Gasteiger partial charge in [-0.2, -0.15) is 0 Å². The van der Waals surface area contributed by atoms with Gasteiger partial charge in [0.25, 0.3) is 0 Å². The number of piperazine rings is 1. The van der Waals surface area contributed by atoms with Crippen molar-refractivity contribution in [1.82, 2.24) is 4.90 Å². The van der Waals surface area contributed by atoms with Crippen molar-refractivity contribution in [3.8, 4) is 0 Å². The third-order valence-electron chi connectivity index (χ3n) is 3.52. The fourth-order valence-corrected chi connectivity index (χ4v) is 2.86. The first-order valence-corrected chi connectivity index (χ1v) is 8.32. The lowest BCUT2D eigenvalue weighted by Gasteiger charge is -2.36. The number of carbonyl (C=O) groups is 1. The molecule has 0 bridgehead atoms. The molecule has 1 saturated heterocycles. The van der Waals surface area contributed by atoms with Gasteiger partial charge in [0.15, 0.2) is 0 Å². The fourth-order valence-electron chi connectivity index (χ4n) is 2.34. The molecule has 21 heavy (non-hydrogen) atoms. The van der Waals surface area contributed by atoms with E-state index in [2.05, 4.69) is 4.90 Å². The second-order valence-electron chi connectivity index (χ2n) is 4.95. The van der Waals surface area contributed by atoms with Crippen molar-refractivity contribution in [2.45, 2.75) is 11.3 Å². The molecule has 1 aromatic carbocycles. The first kappa shape index (κ1) is 15.7. The van der Waals surface area contributed by atoms with Gasteiger partial charge in [0, 0.05) is 44.8 Å². The summed E-state index contributed by atoms with van der Waals surface area (Å²) >= 11 is 0. The van der Waals surface area contributed by atoms with Gasteiger partial charge in [-0.3, -0.25) is 4.79 Å². The summed E-state index contributed by atoms with van der Waals surface area (Å²) in [5.74, 6) is 0.0849. The lowest BCUT2D eigenvalue weighted by molar-refractivity contribution is -0.131. The van der Waals surface area contributed by atoms with E-state index in [0.29, 0.717) is 39.1 Å². The SMILES string of the molecule is NCCC(=O)N1CCN(c2ccc(S(N)(=O)=O)cc2)CC1. The van der Waals surface area contributed by atoms with E-state index in [1.165, 1.54) is 12.1 Å². The fraction of sp³-hybridized carbons (Fsp3) is 0.462. The van der Waals surface area contributed by atoms with Crippen LogP contribution in [0.15, 0.2) is 29.2 Å². The molecule has 0 unspecified atom stereocenters. The van der Waals surface area contributed by atoms with Crippen LogP contribution >= 0.6 is 0 Å². The largest absolute Gasteiger partial charge is 0.368 e. The number of rotatable bonds is 4. The summed E-state index contributed by atoms with van der Waals surface area (Å²) in [6.07, 6.45) is 0.378. The van der Waals surface area contributed by atoms with Gasteiger partial charge < -0.3 is 15.5 Å². The number of amides is 1. The van der Waals surface area contributed by atoms with Crippen LogP contribution in [0.1, 0.15) is 6.42 Å². The minimum atomic E-state index is -3.66. The highest BCUT2D eigenvalue weighted by molar-refractivity contribution is 7.89. The summed E-state index contributed by atoms with van der Waals surface area (Å²) in [6.45, 7) is 3.09. The van der Waals surface area contributed by atoms with Crippen molar-refractivity contribution >= 4 is 21.6 Å². The molecule has 1 aromatic rings. The Bertz CT molecular complexity index is 592. The Morgan fingerprint density at radius 2 is 1.67 bits per heavy atom. The van der Waals surface area contributed by atoms with E-state index in [0.717, 1.165) is 5.69 Å². The Labute approximate surface area is 124 Å². The van der Waals surface area contributed by atoms with Crippen LogP contribution in [0, 0.1) is 0 Å². The lowest BCUT2D eigenvalue weighted by Crippen LogP contribution is -2.49. The van der Waals surface area contributed by atoms with Gasteiger partial charge in [-0.05, 0) is 24.3 Å². The molecule has 116 valence electrons. The van der Waals surface area contributed by atoms with Crippen LogP contribution < -0.4 is 15.8 Å². The van der Waals surface area contributed by atoms with Crippen LogP contribution in [-0.4, -0.2) is 51.9 Å². The van der Waals surface area contributed by atoms with Crippen molar-refractivity contribution < 1.29 is 13.2 Å². The smallest absolute Gasteiger partial charge is 0.238 e. The molecule has 1 heterocycles. The van der Waals surface area contributed by atoms with Crippen LogP contribution in [0.2, 0.25) is 0 Å². The van der Waals surface area contributed by atoms with E-state index in [4.69, 9.17) is 10.9 Å². The molecule has 0 radical (unpaired) electrons. The highest BCUT2D eigenvalue weighted by atomic mass is 32.2. The maximum Gasteiger partial charge on any atom is 0.238 e. The van der Waals surface area contributed by atoms with Crippen LogP contribution in [-0.2, 0) is 14.8 Å². The van der Waals surface area contributed by atoms with Crippen molar-refractivity contribution in [3.05, 3.63) is 24.3 Å². The topological polar surface area (TPSA) is 110 Å². The normalized spacial score (nSPS) is 16.1. The first-order chi connectivity index (χ1) is 9.91. The van der Waals surface area contributed by atoms with E-state index >= 15 is 0 Å². The quantitative estimate of drug-likeness (QED) is 0.766. The number of carbonyl (C=O) groups excluding carboxylic acids is 1. The Morgan fingerprint density at radius 3 is 2.14 bits per heavy atom. The Balaban J connectivity index is 1.98. The van der Waals surface area contributed by atoms with Gasteiger partial charge in [-0.1, -0.05) is 0 Å². The molecule has 0 spiro atoms. The van der Waals surface area contributed by atoms with E-state index in [9.17, 15) is 13.2 Å². The second kappa shape index (κ2) is 6.42. The number of anilines is 1. The Morgan fingerprint density at radius 1 is 1.10 bits per heavy atom. The van der Waals surface area contributed by atoms with Gasteiger partial charge in [-0.25, -0.2) is 13.6 Å². The molecule has 8 heteroatoms. The molecule has 7 nitrogen and oxygen atoms in total. The van der Waals surface area contributed by atoms with Crippen molar-refractivity contribution in [2.24, 2.45) is 10.9 Å². The number of primary sulfonamides is 1. The average molecular weight is 312 g/mol. The van der Waals surface area contributed by atoms with Gasteiger partial charge >= 0.3 is 0 Å².